The lowest BCUT2D eigenvalue weighted by atomic mass is 9.78. The van der Waals surface area contributed by atoms with E-state index in [2.05, 4.69) is 11.9 Å². The molecule has 1 saturated carbocycles. The summed E-state index contributed by atoms with van der Waals surface area (Å²) in [5.74, 6) is 1.52. The maximum atomic E-state index is 6.25. The van der Waals surface area contributed by atoms with Gasteiger partial charge in [-0.05, 0) is 36.8 Å². The van der Waals surface area contributed by atoms with E-state index in [1.54, 1.807) is 0 Å². The Hall–Kier alpha value is -0.890. The van der Waals surface area contributed by atoms with Crippen LogP contribution in [0, 0.1) is 11.8 Å². The third-order valence-electron chi connectivity index (χ3n) is 3.60. The van der Waals surface area contributed by atoms with E-state index in [0.29, 0.717) is 5.92 Å². The molecule has 2 N–H and O–H groups in total. The molecule has 1 atom stereocenters. The van der Waals surface area contributed by atoms with Crippen molar-refractivity contribution < 1.29 is 0 Å². The molecule has 0 aliphatic heterocycles. The van der Waals surface area contributed by atoms with Crippen molar-refractivity contribution in [2.45, 2.75) is 38.6 Å². The van der Waals surface area contributed by atoms with Crippen molar-refractivity contribution in [2.75, 3.05) is 0 Å². The zero-order valence-corrected chi connectivity index (χ0v) is 9.39. The smallest absolute Gasteiger partial charge is 0.0573 e. The molecular weight excluding hydrogens is 184 g/mol. The second kappa shape index (κ2) is 4.75. The topological polar surface area (TPSA) is 38.9 Å². The molecular formula is C13H20N2. The summed E-state index contributed by atoms with van der Waals surface area (Å²) < 4.78 is 0. The lowest BCUT2D eigenvalue weighted by molar-refractivity contribution is 0.254. The molecule has 0 bridgehead atoms. The normalized spacial score (nSPS) is 28.7. The van der Waals surface area contributed by atoms with Gasteiger partial charge in [-0.1, -0.05) is 25.8 Å². The first kappa shape index (κ1) is 10.6. The van der Waals surface area contributed by atoms with Gasteiger partial charge in [0.25, 0.3) is 0 Å². The zero-order chi connectivity index (χ0) is 10.7. The van der Waals surface area contributed by atoms with Crippen molar-refractivity contribution in [3.8, 4) is 0 Å². The van der Waals surface area contributed by atoms with Crippen LogP contribution < -0.4 is 5.73 Å². The molecule has 1 aliphatic carbocycles. The highest BCUT2D eigenvalue weighted by Crippen LogP contribution is 2.34. The van der Waals surface area contributed by atoms with Crippen LogP contribution in [0.3, 0.4) is 0 Å². The number of aromatic nitrogens is 1. The highest BCUT2D eigenvalue weighted by atomic mass is 14.8. The van der Waals surface area contributed by atoms with Crippen LogP contribution in [0.2, 0.25) is 0 Å². The van der Waals surface area contributed by atoms with Gasteiger partial charge >= 0.3 is 0 Å². The van der Waals surface area contributed by atoms with Crippen molar-refractivity contribution in [1.29, 1.82) is 0 Å². The van der Waals surface area contributed by atoms with E-state index in [-0.39, 0.29) is 6.04 Å². The number of hydrogen-bond donors (Lipinski definition) is 1. The summed E-state index contributed by atoms with van der Waals surface area (Å²) in [6.45, 7) is 2.34. The average Bonchev–Trinajstić information content (AvgIpc) is 2.30. The average molecular weight is 204 g/mol. The molecule has 1 fully saturated rings. The summed E-state index contributed by atoms with van der Waals surface area (Å²) in [4.78, 5) is 4.35. The molecule has 2 heteroatoms. The van der Waals surface area contributed by atoms with Gasteiger partial charge in [0.05, 0.1) is 5.69 Å². The van der Waals surface area contributed by atoms with Gasteiger partial charge in [0.1, 0.15) is 0 Å². The molecule has 0 aromatic carbocycles. The monoisotopic (exact) mass is 204 g/mol. The first-order valence-electron chi connectivity index (χ1n) is 5.94. The van der Waals surface area contributed by atoms with Crippen LogP contribution in [0.5, 0.6) is 0 Å². The molecule has 1 heterocycles. The molecule has 1 unspecified atom stereocenters. The second-order valence-corrected chi connectivity index (χ2v) is 4.80. The van der Waals surface area contributed by atoms with E-state index in [1.807, 2.05) is 24.4 Å². The predicted octanol–water partition coefficient (Wildman–Crippen LogP) is 2.91. The van der Waals surface area contributed by atoms with Crippen LogP contribution >= 0.6 is 0 Å². The first-order chi connectivity index (χ1) is 7.27. The standard InChI is InChI=1S/C13H20N2/c1-10-5-7-11(8-6-10)13(14)12-4-2-3-9-15-12/h2-4,9-11,13H,5-8,14H2,1H3. The quantitative estimate of drug-likeness (QED) is 0.804. The SMILES string of the molecule is CC1CCC(C(N)c2ccccn2)CC1. The van der Waals surface area contributed by atoms with Crippen molar-refractivity contribution in [3.63, 3.8) is 0 Å². The zero-order valence-electron chi connectivity index (χ0n) is 9.39. The number of rotatable bonds is 2. The fraction of sp³-hybridized carbons (Fsp3) is 0.615. The third kappa shape index (κ3) is 2.57. The number of pyridine rings is 1. The van der Waals surface area contributed by atoms with Crippen LogP contribution in [0.25, 0.3) is 0 Å². The molecule has 15 heavy (non-hydrogen) atoms. The maximum Gasteiger partial charge on any atom is 0.0573 e. The van der Waals surface area contributed by atoms with Crippen LogP contribution in [0.1, 0.15) is 44.3 Å². The molecule has 1 aliphatic rings. The highest BCUT2D eigenvalue weighted by Gasteiger charge is 2.24. The maximum absolute atomic E-state index is 6.25. The van der Waals surface area contributed by atoms with E-state index in [0.717, 1.165) is 11.6 Å². The Balaban J connectivity index is 1.99. The van der Waals surface area contributed by atoms with Crippen LogP contribution in [-0.2, 0) is 0 Å². The van der Waals surface area contributed by atoms with Gasteiger partial charge in [0, 0.05) is 12.2 Å². The number of nitrogens with zero attached hydrogens (tertiary/aromatic N) is 1. The van der Waals surface area contributed by atoms with Gasteiger partial charge in [-0.25, -0.2) is 0 Å². The third-order valence-corrected chi connectivity index (χ3v) is 3.60. The van der Waals surface area contributed by atoms with E-state index >= 15 is 0 Å². The minimum atomic E-state index is 0.138. The second-order valence-electron chi connectivity index (χ2n) is 4.80. The van der Waals surface area contributed by atoms with Crippen LogP contribution in [0.15, 0.2) is 24.4 Å². The van der Waals surface area contributed by atoms with Gasteiger partial charge in [0.2, 0.25) is 0 Å². The van der Waals surface area contributed by atoms with Gasteiger partial charge in [-0.15, -0.1) is 0 Å². The molecule has 2 nitrogen and oxygen atoms in total. The van der Waals surface area contributed by atoms with Crippen molar-refractivity contribution in [1.82, 2.24) is 4.98 Å². The molecule has 2 rings (SSSR count). The molecule has 1 aromatic rings. The first-order valence-corrected chi connectivity index (χ1v) is 5.94. The summed E-state index contributed by atoms with van der Waals surface area (Å²) in [7, 11) is 0. The van der Waals surface area contributed by atoms with Gasteiger partial charge in [-0.3, -0.25) is 4.98 Å². The summed E-state index contributed by atoms with van der Waals surface area (Å²) in [5, 5.41) is 0. The summed E-state index contributed by atoms with van der Waals surface area (Å²) in [5.41, 5.74) is 7.31. The number of hydrogen-bond acceptors (Lipinski definition) is 2. The lowest BCUT2D eigenvalue weighted by Crippen LogP contribution is -2.26. The Bertz CT molecular complexity index is 289. The van der Waals surface area contributed by atoms with Gasteiger partial charge < -0.3 is 5.73 Å². The largest absolute Gasteiger partial charge is 0.322 e. The van der Waals surface area contributed by atoms with Crippen molar-refractivity contribution in [2.24, 2.45) is 17.6 Å². The minimum Gasteiger partial charge on any atom is -0.322 e. The fourth-order valence-electron chi connectivity index (χ4n) is 2.46. The van der Waals surface area contributed by atoms with E-state index in [9.17, 15) is 0 Å². The van der Waals surface area contributed by atoms with Crippen molar-refractivity contribution >= 4 is 0 Å². The molecule has 0 saturated heterocycles. The Kier molecular flexibility index (Phi) is 3.37. The molecule has 0 spiro atoms. The van der Waals surface area contributed by atoms with E-state index in [1.165, 1.54) is 25.7 Å². The van der Waals surface area contributed by atoms with Crippen LogP contribution in [-0.4, -0.2) is 4.98 Å². The molecule has 0 radical (unpaired) electrons. The molecule has 1 aromatic heterocycles. The summed E-state index contributed by atoms with van der Waals surface area (Å²) >= 11 is 0. The Morgan fingerprint density at radius 1 is 1.27 bits per heavy atom. The summed E-state index contributed by atoms with van der Waals surface area (Å²) in [6.07, 6.45) is 7.01. The highest BCUT2D eigenvalue weighted by molar-refractivity contribution is 5.09. The molecule has 82 valence electrons. The Morgan fingerprint density at radius 3 is 2.60 bits per heavy atom. The Morgan fingerprint density at radius 2 is 2.00 bits per heavy atom. The summed E-state index contributed by atoms with van der Waals surface area (Å²) in [6, 6.07) is 6.15. The van der Waals surface area contributed by atoms with Crippen LogP contribution in [0.4, 0.5) is 0 Å². The lowest BCUT2D eigenvalue weighted by Gasteiger charge is -2.30. The van der Waals surface area contributed by atoms with Gasteiger partial charge in [0.15, 0.2) is 0 Å². The Labute approximate surface area is 91.9 Å². The molecule has 0 amide bonds. The minimum absolute atomic E-state index is 0.138. The van der Waals surface area contributed by atoms with Crippen molar-refractivity contribution in [3.05, 3.63) is 30.1 Å². The fourth-order valence-corrected chi connectivity index (χ4v) is 2.46. The predicted molar refractivity (Wildman–Crippen MR) is 62.3 cm³/mol. The van der Waals surface area contributed by atoms with Gasteiger partial charge in [-0.2, -0.15) is 0 Å². The van der Waals surface area contributed by atoms with E-state index in [4.69, 9.17) is 5.73 Å². The number of nitrogens with two attached hydrogens (primary N) is 1. The van der Waals surface area contributed by atoms with E-state index < -0.39 is 0 Å².